The third-order valence-electron chi connectivity index (χ3n) is 5.44. The highest BCUT2D eigenvalue weighted by Crippen LogP contribution is 2.45. The molecule has 31 heavy (non-hydrogen) atoms. The molecular formula is C23H32ClN4O2P. The molecule has 8 heteroatoms. The van der Waals surface area contributed by atoms with Crippen LogP contribution in [0.4, 0.5) is 0 Å². The highest BCUT2D eigenvalue weighted by Gasteiger charge is 2.24. The number of nitrogens with zero attached hydrogens (tertiary/aromatic N) is 2. The predicted octanol–water partition coefficient (Wildman–Crippen LogP) is 5.00. The number of halogens is 1. The summed E-state index contributed by atoms with van der Waals surface area (Å²) in [5.41, 5.74) is 9.17. The van der Waals surface area contributed by atoms with Gasteiger partial charge in [-0.1, -0.05) is 51.0 Å². The number of aryl methyl sites for hydroxylation is 1. The number of aromatic nitrogens is 2. The molecular weight excluding hydrogens is 431 g/mol. The average Bonchev–Trinajstić information content (AvgIpc) is 3.06. The molecule has 0 aliphatic carbocycles. The molecule has 1 atom stereocenters. The number of nitrogens with one attached hydrogen (secondary N) is 1. The van der Waals surface area contributed by atoms with Gasteiger partial charge >= 0.3 is 0 Å². The van der Waals surface area contributed by atoms with E-state index in [1.54, 1.807) is 0 Å². The molecule has 0 saturated heterocycles. The minimum absolute atomic E-state index is 0. The Hall–Kier alpha value is -2.14. The topological polar surface area (TPSA) is 94.0 Å². The lowest BCUT2D eigenvalue weighted by molar-refractivity contribution is 0.310. The number of rotatable bonds is 10. The molecule has 6 nitrogen and oxygen atoms in total. The van der Waals surface area contributed by atoms with E-state index in [1.807, 2.05) is 56.4 Å². The first-order valence-corrected chi connectivity index (χ1v) is 12.3. The Morgan fingerprint density at radius 2 is 1.87 bits per heavy atom. The van der Waals surface area contributed by atoms with Gasteiger partial charge in [-0.25, -0.2) is 4.98 Å². The number of nitrogens with two attached hydrogens (primary N) is 1. The van der Waals surface area contributed by atoms with Crippen LogP contribution in [0.25, 0.3) is 11.0 Å². The van der Waals surface area contributed by atoms with Crippen molar-refractivity contribution in [2.75, 3.05) is 12.8 Å². The largest absolute Gasteiger partial charge is 0.384 e. The van der Waals surface area contributed by atoms with E-state index in [4.69, 9.17) is 20.7 Å². The Kier molecular flexibility index (Phi) is 8.87. The SMILES string of the molecule is CCCCCOP(=O)(CC)c1ccc2c(c1)nc(Cc1ccc(C(=N)N)cc1)n2C.Cl. The number of imidazole rings is 1. The summed E-state index contributed by atoms with van der Waals surface area (Å²) < 4.78 is 21.3. The smallest absolute Gasteiger partial charge is 0.231 e. The lowest BCUT2D eigenvalue weighted by Crippen LogP contribution is -2.10. The van der Waals surface area contributed by atoms with Gasteiger partial charge in [0.2, 0.25) is 7.37 Å². The van der Waals surface area contributed by atoms with Gasteiger partial charge in [0.05, 0.1) is 17.6 Å². The van der Waals surface area contributed by atoms with Crippen molar-refractivity contribution in [2.45, 2.75) is 39.5 Å². The summed E-state index contributed by atoms with van der Waals surface area (Å²) in [4.78, 5) is 4.80. The number of amidine groups is 1. The van der Waals surface area contributed by atoms with Gasteiger partial charge in [-0.05, 0) is 30.2 Å². The third-order valence-corrected chi connectivity index (χ3v) is 7.94. The quantitative estimate of drug-likeness (QED) is 0.192. The summed E-state index contributed by atoms with van der Waals surface area (Å²) in [5.74, 6) is 0.988. The number of unbranched alkanes of at least 4 members (excludes halogenated alkanes) is 2. The third kappa shape index (κ3) is 5.76. The molecule has 0 fully saturated rings. The number of fused-ring (bicyclic) bond motifs is 1. The molecule has 0 amide bonds. The Labute approximate surface area is 190 Å². The maximum atomic E-state index is 13.4. The highest BCUT2D eigenvalue weighted by atomic mass is 35.5. The lowest BCUT2D eigenvalue weighted by Gasteiger charge is -2.17. The second-order valence-electron chi connectivity index (χ2n) is 7.58. The summed E-state index contributed by atoms with van der Waals surface area (Å²) in [7, 11) is -0.871. The molecule has 0 bridgehead atoms. The second kappa shape index (κ2) is 10.9. The summed E-state index contributed by atoms with van der Waals surface area (Å²) in [6.07, 6.45) is 4.27. The van der Waals surface area contributed by atoms with Gasteiger partial charge in [0.15, 0.2) is 0 Å². The van der Waals surface area contributed by atoms with Crippen LogP contribution in [0.2, 0.25) is 0 Å². The zero-order valence-electron chi connectivity index (χ0n) is 18.4. The van der Waals surface area contributed by atoms with Crippen LogP contribution >= 0.6 is 19.8 Å². The van der Waals surface area contributed by atoms with Crippen molar-refractivity contribution in [1.29, 1.82) is 5.41 Å². The molecule has 3 N–H and O–H groups in total. The van der Waals surface area contributed by atoms with Crippen molar-refractivity contribution in [3.63, 3.8) is 0 Å². The molecule has 0 spiro atoms. The van der Waals surface area contributed by atoms with Crippen molar-refractivity contribution >= 4 is 41.9 Å². The van der Waals surface area contributed by atoms with Crippen molar-refractivity contribution < 1.29 is 9.09 Å². The van der Waals surface area contributed by atoms with E-state index in [-0.39, 0.29) is 18.2 Å². The lowest BCUT2D eigenvalue weighted by atomic mass is 10.1. The molecule has 0 saturated carbocycles. The van der Waals surface area contributed by atoms with Crippen molar-refractivity contribution in [1.82, 2.24) is 9.55 Å². The van der Waals surface area contributed by atoms with Crippen molar-refractivity contribution in [3.8, 4) is 0 Å². The van der Waals surface area contributed by atoms with Crippen LogP contribution in [-0.2, 0) is 22.6 Å². The minimum atomic E-state index is -2.87. The van der Waals surface area contributed by atoms with Gasteiger partial charge in [0, 0.05) is 30.5 Å². The van der Waals surface area contributed by atoms with Crippen LogP contribution in [0.3, 0.4) is 0 Å². The molecule has 3 rings (SSSR count). The van der Waals surface area contributed by atoms with Gasteiger partial charge in [-0.2, -0.15) is 0 Å². The summed E-state index contributed by atoms with van der Waals surface area (Å²) >= 11 is 0. The summed E-state index contributed by atoms with van der Waals surface area (Å²) in [5, 5.41) is 8.25. The molecule has 3 aromatic rings. The Morgan fingerprint density at radius 3 is 2.48 bits per heavy atom. The van der Waals surface area contributed by atoms with Crippen LogP contribution < -0.4 is 11.0 Å². The van der Waals surface area contributed by atoms with Crippen LogP contribution in [0.15, 0.2) is 42.5 Å². The normalized spacial score (nSPS) is 13.0. The van der Waals surface area contributed by atoms with E-state index in [2.05, 4.69) is 11.5 Å². The zero-order chi connectivity index (χ0) is 21.7. The zero-order valence-corrected chi connectivity index (χ0v) is 20.1. The van der Waals surface area contributed by atoms with Gasteiger partial charge in [-0.3, -0.25) is 9.97 Å². The van der Waals surface area contributed by atoms with Gasteiger partial charge < -0.3 is 14.8 Å². The van der Waals surface area contributed by atoms with E-state index in [0.717, 1.165) is 47.0 Å². The first-order chi connectivity index (χ1) is 14.4. The van der Waals surface area contributed by atoms with Gasteiger partial charge in [0.1, 0.15) is 11.7 Å². The fourth-order valence-electron chi connectivity index (χ4n) is 3.51. The number of benzene rings is 2. The van der Waals surface area contributed by atoms with E-state index in [9.17, 15) is 4.57 Å². The number of hydrogen-bond donors (Lipinski definition) is 2. The molecule has 1 aromatic heterocycles. The highest BCUT2D eigenvalue weighted by molar-refractivity contribution is 7.66. The maximum Gasteiger partial charge on any atom is 0.231 e. The fraction of sp³-hybridized carbons (Fsp3) is 0.391. The molecule has 0 radical (unpaired) electrons. The Bertz CT molecular complexity index is 1080. The fourth-order valence-corrected chi connectivity index (χ4v) is 5.25. The monoisotopic (exact) mass is 462 g/mol. The van der Waals surface area contributed by atoms with Crippen LogP contribution in [0.5, 0.6) is 0 Å². The maximum absolute atomic E-state index is 13.4. The minimum Gasteiger partial charge on any atom is -0.384 e. The average molecular weight is 463 g/mol. The van der Waals surface area contributed by atoms with Gasteiger partial charge in [-0.15, -0.1) is 12.4 Å². The van der Waals surface area contributed by atoms with Crippen LogP contribution in [-0.4, -0.2) is 28.2 Å². The van der Waals surface area contributed by atoms with Gasteiger partial charge in [0.25, 0.3) is 0 Å². The summed E-state index contributed by atoms with van der Waals surface area (Å²) in [6.45, 7) is 4.59. The van der Waals surface area contributed by atoms with E-state index >= 15 is 0 Å². The van der Waals surface area contributed by atoms with Crippen LogP contribution in [0, 0.1) is 5.41 Å². The molecule has 0 aliphatic heterocycles. The molecule has 0 aliphatic rings. The molecule has 1 heterocycles. The Balaban J connectivity index is 0.00000341. The predicted molar refractivity (Wildman–Crippen MR) is 131 cm³/mol. The first-order valence-electron chi connectivity index (χ1n) is 10.5. The van der Waals surface area contributed by atoms with E-state index in [1.165, 1.54) is 0 Å². The number of hydrogen-bond acceptors (Lipinski definition) is 4. The van der Waals surface area contributed by atoms with E-state index in [0.29, 0.717) is 24.8 Å². The van der Waals surface area contributed by atoms with Crippen molar-refractivity contribution in [3.05, 3.63) is 59.4 Å². The second-order valence-corrected chi connectivity index (χ2v) is 10.3. The summed E-state index contributed by atoms with van der Waals surface area (Å²) in [6, 6.07) is 13.5. The Morgan fingerprint density at radius 1 is 1.16 bits per heavy atom. The van der Waals surface area contributed by atoms with E-state index < -0.39 is 7.37 Å². The van der Waals surface area contributed by atoms with Crippen molar-refractivity contribution in [2.24, 2.45) is 12.8 Å². The molecule has 168 valence electrons. The standard InChI is InChI=1S/C23H31N4O2P.ClH/c1-4-6-7-14-29-30(28,5-2)19-12-13-21-20(16-19)26-22(27(21)3)15-17-8-10-18(11-9-17)23(24)25;/h8-13,16H,4-7,14-15H2,1-3H3,(H3,24,25);1H. The number of nitrogen functional groups attached to an aromatic ring is 1. The molecule has 1 unspecified atom stereocenters. The van der Waals surface area contributed by atoms with Crippen LogP contribution in [0.1, 0.15) is 50.1 Å². The first kappa shape index (κ1) is 25.1. The molecule has 2 aromatic carbocycles.